The number of hydrogen-bond acceptors (Lipinski definition) is 4. The first-order chi connectivity index (χ1) is 15.4. The van der Waals surface area contributed by atoms with Crippen LogP contribution in [0.5, 0.6) is 0 Å². The first kappa shape index (κ1) is 22.0. The van der Waals surface area contributed by atoms with Crippen molar-refractivity contribution < 1.29 is 14.0 Å². The molecule has 2 aliphatic rings. The quantitative estimate of drug-likeness (QED) is 0.727. The van der Waals surface area contributed by atoms with Crippen molar-refractivity contribution in [3.8, 4) is 11.8 Å². The Morgan fingerprint density at radius 3 is 2.53 bits per heavy atom. The van der Waals surface area contributed by atoms with Crippen LogP contribution in [0.2, 0.25) is 0 Å². The summed E-state index contributed by atoms with van der Waals surface area (Å²) in [6.45, 7) is 5.17. The van der Waals surface area contributed by atoms with E-state index in [4.69, 9.17) is 0 Å². The summed E-state index contributed by atoms with van der Waals surface area (Å²) >= 11 is 0. The van der Waals surface area contributed by atoms with Gasteiger partial charge in [0.1, 0.15) is 17.7 Å². The van der Waals surface area contributed by atoms with Gasteiger partial charge < -0.3 is 10.6 Å². The van der Waals surface area contributed by atoms with Crippen molar-refractivity contribution in [3.05, 3.63) is 46.9 Å². The van der Waals surface area contributed by atoms with E-state index in [0.29, 0.717) is 36.2 Å². The average Bonchev–Trinajstić information content (AvgIpc) is 3.54. The van der Waals surface area contributed by atoms with Gasteiger partial charge in [-0.3, -0.25) is 19.1 Å². The fraction of sp³-hybridized carbons (Fsp3) is 0.458. The third-order valence-corrected chi connectivity index (χ3v) is 6.40. The van der Waals surface area contributed by atoms with Crippen LogP contribution in [0.1, 0.15) is 42.5 Å². The molecule has 168 valence electrons. The lowest BCUT2D eigenvalue weighted by Gasteiger charge is -2.30. The van der Waals surface area contributed by atoms with E-state index in [-0.39, 0.29) is 24.3 Å². The number of aromatic nitrogens is 1. The zero-order valence-corrected chi connectivity index (χ0v) is 18.4. The summed E-state index contributed by atoms with van der Waals surface area (Å²) < 4.78 is 15.5. The highest BCUT2D eigenvalue weighted by Gasteiger charge is 2.30. The lowest BCUT2D eigenvalue weighted by Crippen LogP contribution is -2.43. The number of benzene rings is 1. The molecular formula is C24H28FN5O2. The lowest BCUT2D eigenvalue weighted by molar-refractivity contribution is -0.126. The maximum atomic E-state index is 13.8. The Balaban J connectivity index is 1.44. The van der Waals surface area contributed by atoms with Crippen molar-refractivity contribution >= 4 is 17.6 Å². The van der Waals surface area contributed by atoms with Crippen molar-refractivity contribution in [2.45, 2.75) is 45.6 Å². The monoisotopic (exact) mass is 437 g/mol. The molecule has 1 saturated heterocycles. The molecule has 1 saturated carbocycles. The van der Waals surface area contributed by atoms with Crippen LogP contribution in [0, 0.1) is 36.9 Å². The number of carbonyl (C=O) groups excluding carboxylic acids is 2. The van der Waals surface area contributed by atoms with E-state index in [1.54, 1.807) is 16.7 Å². The Hall–Kier alpha value is -3.18. The van der Waals surface area contributed by atoms with Crippen molar-refractivity contribution in [3.63, 3.8) is 0 Å². The van der Waals surface area contributed by atoms with Gasteiger partial charge in [0.15, 0.2) is 0 Å². The minimum absolute atomic E-state index is 0.00982. The molecule has 0 radical (unpaired) electrons. The number of halogens is 1. The Kier molecular flexibility index (Phi) is 6.28. The minimum Gasteiger partial charge on any atom is -0.353 e. The zero-order chi connectivity index (χ0) is 22.8. The third-order valence-electron chi connectivity index (χ3n) is 6.40. The molecule has 0 spiro atoms. The number of nitrogens with one attached hydrogen (secondary N) is 2. The maximum Gasteiger partial charge on any atom is 0.239 e. The molecule has 0 bridgehead atoms. The predicted molar refractivity (Wildman–Crippen MR) is 119 cm³/mol. The van der Waals surface area contributed by atoms with Crippen LogP contribution in [0.25, 0.3) is 5.69 Å². The second kappa shape index (κ2) is 9.13. The van der Waals surface area contributed by atoms with E-state index < -0.39 is 5.82 Å². The minimum atomic E-state index is -0.391. The highest BCUT2D eigenvalue weighted by Crippen LogP contribution is 2.30. The Labute approximate surface area is 187 Å². The SMILES string of the molecule is Cc1c(C#N)c(NC(=O)CN2CCC(C(=O)NC3CC3)CC2)n(-c2cccc(F)c2)c1C. The summed E-state index contributed by atoms with van der Waals surface area (Å²) in [6, 6.07) is 8.60. The van der Waals surface area contributed by atoms with Crippen LogP contribution in [0.15, 0.2) is 24.3 Å². The second-order valence-corrected chi connectivity index (χ2v) is 8.74. The summed E-state index contributed by atoms with van der Waals surface area (Å²) in [7, 11) is 0. The number of nitriles is 1. The fourth-order valence-corrected chi connectivity index (χ4v) is 4.27. The molecule has 2 fully saturated rings. The summed E-state index contributed by atoms with van der Waals surface area (Å²) in [4.78, 5) is 27.1. The number of anilines is 1. The van der Waals surface area contributed by atoms with Crippen LogP contribution in [0.3, 0.4) is 0 Å². The number of hydrogen-bond donors (Lipinski definition) is 2. The molecule has 7 nitrogen and oxygen atoms in total. The number of piperidine rings is 1. The predicted octanol–water partition coefficient (Wildman–Crippen LogP) is 3.03. The van der Waals surface area contributed by atoms with Gasteiger partial charge in [0.2, 0.25) is 11.8 Å². The van der Waals surface area contributed by atoms with Gasteiger partial charge in [0, 0.05) is 17.7 Å². The molecule has 32 heavy (non-hydrogen) atoms. The van der Waals surface area contributed by atoms with Crippen molar-refractivity contribution in [2.24, 2.45) is 5.92 Å². The van der Waals surface area contributed by atoms with E-state index in [2.05, 4.69) is 16.7 Å². The van der Waals surface area contributed by atoms with Crippen molar-refractivity contribution in [1.29, 1.82) is 5.26 Å². The number of amides is 2. The van der Waals surface area contributed by atoms with Crippen molar-refractivity contribution in [2.75, 3.05) is 25.0 Å². The van der Waals surface area contributed by atoms with Crippen LogP contribution < -0.4 is 10.6 Å². The van der Waals surface area contributed by atoms with Crippen LogP contribution in [-0.4, -0.2) is 47.0 Å². The molecule has 1 aromatic carbocycles. The zero-order valence-electron chi connectivity index (χ0n) is 18.4. The molecule has 2 aromatic rings. The highest BCUT2D eigenvalue weighted by atomic mass is 19.1. The molecule has 4 rings (SSSR count). The van der Waals surface area contributed by atoms with E-state index in [0.717, 1.165) is 36.9 Å². The fourth-order valence-electron chi connectivity index (χ4n) is 4.27. The molecule has 1 aromatic heterocycles. The Bertz CT molecular complexity index is 1070. The summed E-state index contributed by atoms with van der Waals surface area (Å²) in [5.41, 5.74) is 2.43. The molecule has 2 N–H and O–H groups in total. The van der Waals surface area contributed by atoms with Gasteiger partial charge >= 0.3 is 0 Å². The molecule has 0 unspecified atom stereocenters. The largest absolute Gasteiger partial charge is 0.353 e. The van der Waals surface area contributed by atoms with Gasteiger partial charge in [-0.15, -0.1) is 0 Å². The first-order valence-electron chi connectivity index (χ1n) is 11.1. The molecule has 2 amide bonds. The van der Waals surface area contributed by atoms with E-state index in [1.165, 1.54) is 12.1 Å². The van der Waals surface area contributed by atoms with E-state index >= 15 is 0 Å². The van der Waals surface area contributed by atoms with Gasteiger partial charge in [-0.1, -0.05) is 6.07 Å². The number of rotatable bonds is 6. The molecule has 1 aliphatic heterocycles. The normalized spacial score (nSPS) is 17.1. The van der Waals surface area contributed by atoms with Crippen LogP contribution in [0.4, 0.5) is 10.2 Å². The Morgan fingerprint density at radius 2 is 1.91 bits per heavy atom. The number of carbonyl (C=O) groups is 2. The van der Waals surface area contributed by atoms with Gasteiger partial charge in [-0.2, -0.15) is 5.26 Å². The van der Waals surface area contributed by atoms with Gasteiger partial charge in [0.05, 0.1) is 17.8 Å². The number of likely N-dealkylation sites (tertiary alicyclic amines) is 1. The Morgan fingerprint density at radius 1 is 1.19 bits per heavy atom. The number of nitrogens with zero attached hydrogens (tertiary/aromatic N) is 3. The van der Waals surface area contributed by atoms with Crippen molar-refractivity contribution in [1.82, 2.24) is 14.8 Å². The summed E-state index contributed by atoms with van der Waals surface area (Å²) in [6.07, 6.45) is 3.61. The molecule has 1 aliphatic carbocycles. The summed E-state index contributed by atoms with van der Waals surface area (Å²) in [5, 5.41) is 15.6. The van der Waals surface area contributed by atoms with Crippen LogP contribution >= 0.6 is 0 Å². The summed E-state index contributed by atoms with van der Waals surface area (Å²) in [5.74, 6) is -0.128. The topological polar surface area (TPSA) is 90.2 Å². The van der Waals surface area contributed by atoms with E-state index in [1.807, 2.05) is 18.7 Å². The standard InChI is InChI=1S/C24H28FN5O2/c1-15-16(2)30(20-5-3-4-18(25)12-20)23(21(15)13-26)28-22(31)14-29-10-8-17(9-11-29)24(32)27-19-6-7-19/h3-5,12,17,19H,6-11,14H2,1-2H3,(H,27,32)(H,28,31). The third kappa shape index (κ3) is 4.68. The van der Waals surface area contributed by atoms with Gasteiger partial charge in [-0.05, 0) is 76.4 Å². The first-order valence-corrected chi connectivity index (χ1v) is 11.1. The smallest absolute Gasteiger partial charge is 0.239 e. The van der Waals surface area contributed by atoms with Gasteiger partial charge in [0.25, 0.3) is 0 Å². The molecule has 2 heterocycles. The highest BCUT2D eigenvalue weighted by molar-refractivity contribution is 5.93. The molecule has 8 heteroatoms. The maximum absolute atomic E-state index is 13.8. The second-order valence-electron chi connectivity index (χ2n) is 8.74. The average molecular weight is 438 g/mol. The molecular weight excluding hydrogens is 409 g/mol. The molecule has 0 atom stereocenters. The lowest BCUT2D eigenvalue weighted by atomic mass is 9.96. The van der Waals surface area contributed by atoms with Gasteiger partial charge in [-0.25, -0.2) is 4.39 Å². The van der Waals surface area contributed by atoms with E-state index in [9.17, 15) is 19.2 Å². The van der Waals surface area contributed by atoms with Crippen LogP contribution in [-0.2, 0) is 9.59 Å².